The third kappa shape index (κ3) is 3.87. The minimum Gasteiger partial charge on any atom is -0.450 e. The molecule has 0 radical (unpaired) electrons. The second-order valence-electron chi connectivity index (χ2n) is 8.85. The zero-order chi connectivity index (χ0) is 23.2. The van der Waals surface area contributed by atoms with Gasteiger partial charge in [-0.2, -0.15) is 0 Å². The molecule has 4 rings (SSSR count). The Balaban J connectivity index is 2.01. The van der Waals surface area contributed by atoms with Gasteiger partial charge in [0.05, 0.1) is 12.1 Å². The zero-order valence-electron chi connectivity index (χ0n) is 18.9. The molecule has 0 spiro atoms. The number of hydrogen-bond donors (Lipinski definition) is 2. The van der Waals surface area contributed by atoms with E-state index < -0.39 is 5.60 Å². The van der Waals surface area contributed by atoms with E-state index in [1.165, 1.54) is 9.13 Å². The number of hydrogen-bond acceptors (Lipinski definition) is 4. The summed E-state index contributed by atoms with van der Waals surface area (Å²) < 4.78 is 9.23. The quantitative estimate of drug-likeness (QED) is 0.500. The van der Waals surface area contributed by atoms with E-state index in [0.717, 1.165) is 11.1 Å². The van der Waals surface area contributed by atoms with Crippen molar-refractivity contribution in [1.29, 1.82) is 0 Å². The van der Waals surface area contributed by atoms with Gasteiger partial charge in [-0.1, -0.05) is 18.2 Å². The molecule has 0 atom stereocenters. The van der Waals surface area contributed by atoms with Crippen LogP contribution in [0.2, 0.25) is 0 Å². The molecule has 2 N–H and O–H groups in total. The number of aromatic amines is 1. The largest absolute Gasteiger partial charge is 0.450 e. The van der Waals surface area contributed by atoms with Gasteiger partial charge in [0.1, 0.15) is 11.3 Å². The highest BCUT2D eigenvalue weighted by atomic mass is 16.5. The van der Waals surface area contributed by atoms with Crippen molar-refractivity contribution in [2.24, 2.45) is 7.05 Å². The SMILES string of the molecule is Cc1cccc(C)c1Oc1c(-c2cn(C)c(=O)c3[nH]ccc23)ccn(CC(C)(C)O)c1=O. The Kier molecular flexibility index (Phi) is 5.30. The molecule has 32 heavy (non-hydrogen) atoms. The molecule has 0 amide bonds. The average Bonchev–Trinajstić information content (AvgIpc) is 3.20. The third-order valence-electron chi connectivity index (χ3n) is 5.48. The number of H-pyrrole nitrogens is 1. The zero-order valence-corrected chi connectivity index (χ0v) is 18.9. The summed E-state index contributed by atoms with van der Waals surface area (Å²) in [5, 5.41) is 11.0. The number of aryl methyl sites for hydroxylation is 3. The van der Waals surface area contributed by atoms with Crippen molar-refractivity contribution >= 4 is 10.9 Å². The van der Waals surface area contributed by atoms with Gasteiger partial charge in [0, 0.05) is 42.2 Å². The molecule has 0 bridgehead atoms. The normalized spacial score (nSPS) is 11.8. The van der Waals surface area contributed by atoms with Crippen LogP contribution in [0.5, 0.6) is 11.5 Å². The summed E-state index contributed by atoms with van der Waals surface area (Å²) >= 11 is 0. The predicted octanol–water partition coefficient (Wildman–Crippen LogP) is 3.88. The minimum atomic E-state index is -1.08. The van der Waals surface area contributed by atoms with Crippen molar-refractivity contribution in [2.45, 2.75) is 39.8 Å². The number of nitrogens with zero attached hydrogens (tertiary/aromatic N) is 2. The molecule has 7 heteroatoms. The first-order chi connectivity index (χ1) is 15.1. The van der Waals surface area contributed by atoms with Crippen LogP contribution in [0.15, 0.2) is 58.5 Å². The second-order valence-corrected chi connectivity index (χ2v) is 8.85. The highest BCUT2D eigenvalue weighted by Crippen LogP contribution is 2.36. The molecular formula is C25H27N3O4. The van der Waals surface area contributed by atoms with Crippen LogP contribution < -0.4 is 15.9 Å². The third-order valence-corrected chi connectivity index (χ3v) is 5.48. The second kappa shape index (κ2) is 7.84. The van der Waals surface area contributed by atoms with Crippen LogP contribution >= 0.6 is 0 Å². The molecule has 4 aromatic rings. The maximum Gasteiger partial charge on any atom is 0.294 e. The van der Waals surface area contributed by atoms with Crippen LogP contribution in [0.25, 0.3) is 22.0 Å². The minimum absolute atomic E-state index is 0.113. The predicted molar refractivity (Wildman–Crippen MR) is 126 cm³/mol. The van der Waals surface area contributed by atoms with Crippen molar-refractivity contribution in [3.05, 3.63) is 80.8 Å². The number of pyridine rings is 2. The number of aromatic nitrogens is 3. The van der Waals surface area contributed by atoms with Gasteiger partial charge in [0.15, 0.2) is 0 Å². The number of benzene rings is 1. The number of ether oxygens (including phenoxy) is 1. The molecule has 0 fully saturated rings. The van der Waals surface area contributed by atoms with Crippen LogP contribution in [0.4, 0.5) is 0 Å². The summed E-state index contributed by atoms with van der Waals surface area (Å²) in [6, 6.07) is 9.40. The van der Waals surface area contributed by atoms with E-state index >= 15 is 0 Å². The topological polar surface area (TPSA) is 89.2 Å². The highest BCUT2D eigenvalue weighted by molar-refractivity contribution is 5.95. The van der Waals surface area contributed by atoms with Gasteiger partial charge in [-0.3, -0.25) is 9.59 Å². The van der Waals surface area contributed by atoms with Gasteiger partial charge in [-0.05, 0) is 51.0 Å². The summed E-state index contributed by atoms with van der Waals surface area (Å²) in [6.07, 6.45) is 5.07. The first-order valence-electron chi connectivity index (χ1n) is 10.4. The fourth-order valence-electron chi connectivity index (χ4n) is 3.95. The lowest BCUT2D eigenvalue weighted by Crippen LogP contribution is -2.33. The number of nitrogens with one attached hydrogen (secondary N) is 1. The molecule has 166 valence electrons. The van der Waals surface area contributed by atoms with E-state index in [4.69, 9.17) is 4.74 Å². The Hall–Kier alpha value is -3.58. The molecule has 0 saturated heterocycles. The molecule has 0 saturated carbocycles. The van der Waals surface area contributed by atoms with Gasteiger partial charge >= 0.3 is 0 Å². The van der Waals surface area contributed by atoms with Crippen molar-refractivity contribution < 1.29 is 9.84 Å². The van der Waals surface area contributed by atoms with Gasteiger partial charge in [-0.25, -0.2) is 0 Å². The van der Waals surface area contributed by atoms with Crippen molar-refractivity contribution in [3.63, 3.8) is 0 Å². The van der Waals surface area contributed by atoms with Crippen LogP contribution in [0, 0.1) is 13.8 Å². The fraction of sp³-hybridized carbons (Fsp3) is 0.280. The Labute approximate surface area is 185 Å². The maximum absolute atomic E-state index is 13.5. The summed E-state index contributed by atoms with van der Waals surface area (Å²) in [5.74, 6) is 0.761. The molecular weight excluding hydrogens is 406 g/mol. The van der Waals surface area contributed by atoms with E-state index in [2.05, 4.69) is 4.98 Å². The Bertz CT molecular complexity index is 1410. The Morgan fingerprint density at radius 3 is 2.34 bits per heavy atom. The van der Waals surface area contributed by atoms with E-state index in [9.17, 15) is 14.7 Å². The van der Waals surface area contributed by atoms with Crippen LogP contribution in [0.3, 0.4) is 0 Å². The van der Waals surface area contributed by atoms with E-state index in [0.29, 0.717) is 27.8 Å². The first kappa shape index (κ1) is 21.6. The fourth-order valence-corrected chi connectivity index (χ4v) is 3.95. The van der Waals surface area contributed by atoms with Crippen molar-refractivity contribution in [2.75, 3.05) is 0 Å². The standard InChI is InChI=1S/C25H27N3O4/c1-15-7-6-8-16(2)21(15)32-22-18(10-12-28(24(22)30)14-25(3,4)31)19-13-27(5)23(29)20-17(19)9-11-26-20/h6-13,26,31H,14H2,1-5H3. The molecule has 0 unspecified atom stereocenters. The molecule has 7 nitrogen and oxygen atoms in total. The highest BCUT2D eigenvalue weighted by Gasteiger charge is 2.22. The molecule has 3 heterocycles. The number of rotatable bonds is 5. The van der Waals surface area contributed by atoms with Gasteiger partial charge < -0.3 is 24.0 Å². The molecule has 3 aromatic heterocycles. The molecule has 0 aliphatic rings. The van der Waals surface area contributed by atoms with Crippen LogP contribution in [-0.2, 0) is 13.6 Å². The molecule has 1 aromatic carbocycles. The Morgan fingerprint density at radius 2 is 1.69 bits per heavy atom. The lowest BCUT2D eigenvalue weighted by molar-refractivity contribution is 0.0603. The number of para-hydroxylation sites is 1. The number of aliphatic hydroxyl groups is 1. The molecule has 0 aliphatic carbocycles. The van der Waals surface area contributed by atoms with Gasteiger partial charge in [0.25, 0.3) is 11.1 Å². The van der Waals surface area contributed by atoms with Crippen molar-refractivity contribution in [1.82, 2.24) is 14.1 Å². The van der Waals surface area contributed by atoms with Crippen LogP contribution in [0.1, 0.15) is 25.0 Å². The first-order valence-corrected chi connectivity index (χ1v) is 10.4. The average molecular weight is 434 g/mol. The smallest absolute Gasteiger partial charge is 0.294 e. The summed E-state index contributed by atoms with van der Waals surface area (Å²) in [4.78, 5) is 29.1. The summed E-state index contributed by atoms with van der Waals surface area (Å²) in [6.45, 7) is 7.27. The van der Waals surface area contributed by atoms with E-state index in [-0.39, 0.29) is 23.4 Å². The van der Waals surface area contributed by atoms with Crippen molar-refractivity contribution in [3.8, 4) is 22.6 Å². The lowest BCUT2D eigenvalue weighted by atomic mass is 10.0. The summed E-state index contributed by atoms with van der Waals surface area (Å²) in [5.41, 5.74) is 1.96. The lowest BCUT2D eigenvalue weighted by Gasteiger charge is -2.21. The molecule has 0 aliphatic heterocycles. The monoisotopic (exact) mass is 433 g/mol. The Morgan fingerprint density at radius 1 is 1.00 bits per heavy atom. The van der Waals surface area contributed by atoms with Gasteiger partial charge in [-0.15, -0.1) is 0 Å². The van der Waals surface area contributed by atoms with E-state index in [1.54, 1.807) is 45.6 Å². The van der Waals surface area contributed by atoms with Crippen LogP contribution in [-0.4, -0.2) is 24.8 Å². The van der Waals surface area contributed by atoms with Gasteiger partial charge in [0.2, 0.25) is 5.75 Å². The van der Waals surface area contributed by atoms with E-state index in [1.807, 2.05) is 38.1 Å². The maximum atomic E-state index is 13.5. The summed E-state index contributed by atoms with van der Waals surface area (Å²) in [7, 11) is 1.67. The number of fused-ring (bicyclic) bond motifs is 1.